The maximum Gasteiger partial charge on any atom is 0.337 e. The Morgan fingerprint density at radius 3 is 2.33 bits per heavy atom. The molecule has 0 aliphatic rings. The lowest BCUT2D eigenvalue weighted by atomic mass is 10.1. The Bertz CT molecular complexity index is 1030. The maximum atomic E-state index is 12.6. The minimum Gasteiger partial charge on any atom is -0.465 e. The van der Waals surface area contributed by atoms with Gasteiger partial charge in [0.1, 0.15) is 10.7 Å². The van der Waals surface area contributed by atoms with Gasteiger partial charge in [0.25, 0.3) is 0 Å². The van der Waals surface area contributed by atoms with Crippen LogP contribution in [0, 0.1) is 11.3 Å². The van der Waals surface area contributed by atoms with Gasteiger partial charge in [-0.05, 0) is 48.5 Å². The Balaban J connectivity index is 1.78. The maximum absolute atomic E-state index is 12.6. The monoisotopic (exact) mass is 378 g/mol. The number of nitriles is 1. The van der Waals surface area contributed by atoms with Gasteiger partial charge in [-0.15, -0.1) is 0 Å². The summed E-state index contributed by atoms with van der Waals surface area (Å²) in [6.45, 7) is 0. The number of aromatic nitrogens is 1. The predicted octanol–water partition coefficient (Wildman–Crippen LogP) is 3.36. The van der Waals surface area contributed by atoms with E-state index < -0.39 is 5.97 Å². The molecule has 0 unspecified atom stereocenters. The molecule has 27 heavy (non-hydrogen) atoms. The molecule has 2 aromatic carbocycles. The van der Waals surface area contributed by atoms with Crippen molar-refractivity contribution in [1.82, 2.24) is 4.98 Å². The van der Waals surface area contributed by atoms with E-state index in [1.54, 1.807) is 48.5 Å². The van der Waals surface area contributed by atoms with Gasteiger partial charge in [0, 0.05) is 11.3 Å². The van der Waals surface area contributed by atoms with Crippen molar-refractivity contribution >= 4 is 39.7 Å². The first-order valence-corrected chi connectivity index (χ1v) is 8.60. The molecule has 3 rings (SSSR count). The summed E-state index contributed by atoms with van der Waals surface area (Å²) in [5.41, 5.74) is 7.92. The van der Waals surface area contributed by atoms with E-state index in [0.717, 1.165) is 11.3 Å². The minimum atomic E-state index is -0.421. The Labute approximate surface area is 159 Å². The number of ketones is 1. The molecule has 0 saturated carbocycles. The van der Waals surface area contributed by atoms with Crippen LogP contribution in [-0.4, -0.2) is 23.8 Å². The van der Waals surface area contributed by atoms with E-state index in [1.165, 1.54) is 7.11 Å². The molecular formula is C19H14N4O3S. The van der Waals surface area contributed by atoms with Crippen LogP contribution in [0.5, 0.6) is 0 Å². The summed E-state index contributed by atoms with van der Waals surface area (Å²) in [5.74, 6) is -0.554. The van der Waals surface area contributed by atoms with Crippen molar-refractivity contribution in [1.29, 1.82) is 5.26 Å². The molecule has 0 radical (unpaired) electrons. The number of nitrogens with one attached hydrogen (secondary N) is 1. The topological polar surface area (TPSA) is 118 Å². The van der Waals surface area contributed by atoms with Crippen molar-refractivity contribution in [3.63, 3.8) is 0 Å². The number of ether oxygens (including phenoxy) is 1. The van der Waals surface area contributed by atoms with Crippen LogP contribution in [0.4, 0.5) is 16.6 Å². The SMILES string of the molecule is COC(=O)c1ccc(Nc2nc(N)c(C(=O)c3ccc(C#N)cc3)s2)cc1. The standard InChI is InChI=1S/C19H14N4O3S/c1-26-18(25)13-6-8-14(9-7-13)22-19-23-17(21)16(27-19)15(24)12-4-2-11(10-20)3-5-12/h2-9H,21H2,1H3,(H,22,23). The Hall–Kier alpha value is -3.70. The second kappa shape index (κ2) is 7.68. The molecule has 134 valence electrons. The Morgan fingerprint density at radius 2 is 1.74 bits per heavy atom. The summed E-state index contributed by atoms with van der Waals surface area (Å²) in [7, 11) is 1.32. The van der Waals surface area contributed by atoms with Gasteiger partial charge < -0.3 is 15.8 Å². The summed E-state index contributed by atoms with van der Waals surface area (Å²) in [5, 5.41) is 12.3. The average molecular weight is 378 g/mol. The molecule has 0 atom stereocenters. The predicted molar refractivity (Wildman–Crippen MR) is 102 cm³/mol. The molecule has 3 aromatic rings. The number of hydrogen-bond acceptors (Lipinski definition) is 8. The third-order valence-electron chi connectivity index (χ3n) is 3.69. The molecule has 1 aromatic heterocycles. The normalized spacial score (nSPS) is 10.1. The number of nitrogen functional groups attached to an aromatic ring is 1. The third-order valence-corrected chi connectivity index (χ3v) is 4.68. The number of carbonyl (C=O) groups is 2. The number of rotatable bonds is 5. The molecule has 8 heteroatoms. The molecule has 0 amide bonds. The van der Waals surface area contributed by atoms with Crippen LogP contribution in [0.3, 0.4) is 0 Å². The van der Waals surface area contributed by atoms with Crippen molar-refractivity contribution in [2.24, 2.45) is 0 Å². The van der Waals surface area contributed by atoms with Crippen molar-refractivity contribution in [3.05, 3.63) is 70.1 Å². The number of nitrogens with two attached hydrogens (primary N) is 1. The van der Waals surface area contributed by atoms with E-state index in [1.807, 2.05) is 6.07 Å². The van der Waals surface area contributed by atoms with Gasteiger partial charge in [0.2, 0.25) is 5.78 Å². The Morgan fingerprint density at radius 1 is 1.11 bits per heavy atom. The summed E-state index contributed by atoms with van der Waals surface area (Å²) in [4.78, 5) is 28.6. The second-order valence-electron chi connectivity index (χ2n) is 5.45. The van der Waals surface area contributed by atoms with E-state index in [0.29, 0.717) is 32.4 Å². The van der Waals surface area contributed by atoms with E-state index in [9.17, 15) is 9.59 Å². The molecule has 3 N–H and O–H groups in total. The molecule has 0 bridgehead atoms. The molecule has 0 spiro atoms. The van der Waals surface area contributed by atoms with Crippen LogP contribution in [0.1, 0.15) is 31.2 Å². The van der Waals surface area contributed by atoms with Gasteiger partial charge in [-0.3, -0.25) is 4.79 Å². The fourth-order valence-electron chi connectivity index (χ4n) is 2.31. The lowest BCUT2D eigenvalue weighted by Crippen LogP contribution is -2.02. The van der Waals surface area contributed by atoms with Gasteiger partial charge in [0.15, 0.2) is 5.13 Å². The smallest absolute Gasteiger partial charge is 0.337 e. The number of hydrogen-bond donors (Lipinski definition) is 2. The van der Waals surface area contributed by atoms with Gasteiger partial charge >= 0.3 is 5.97 Å². The van der Waals surface area contributed by atoms with Crippen LogP contribution in [0.2, 0.25) is 0 Å². The molecule has 7 nitrogen and oxygen atoms in total. The highest BCUT2D eigenvalue weighted by atomic mass is 32.1. The number of nitrogens with zero attached hydrogens (tertiary/aromatic N) is 2. The van der Waals surface area contributed by atoms with E-state index in [2.05, 4.69) is 15.0 Å². The third kappa shape index (κ3) is 3.94. The largest absolute Gasteiger partial charge is 0.465 e. The fourth-order valence-corrected chi connectivity index (χ4v) is 3.17. The van der Waals surface area contributed by atoms with Gasteiger partial charge in [-0.2, -0.15) is 5.26 Å². The highest BCUT2D eigenvalue weighted by Gasteiger charge is 2.18. The number of esters is 1. The van der Waals surface area contributed by atoms with E-state index in [-0.39, 0.29) is 11.6 Å². The number of thiazole rings is 1. The van der Waals surface area contributed by atoms with Crippen LogP contribution in [0.25, 0.3) is 0 Å². The number of methoxy groups -OCH3 is 1. The zero-order valence-corrected chi connectivity index (χ0v) is 15.0. The summed E-state index contributed by atoms with van der Waals surface area (Å²) in [6, 6.07) is 15.0. The zero-order valence-electron chi connectivity index (χ0n) is 14.2. The lowest BCUT2D eigenvalue weighted by molar-refractivity contribution is 0.0600. The van der Waals surface area contributed by atoms with Gasteiger partial charge in [0.05, 0.1) is 24.3 Å². The molecule has 0 saturated heterocycles. The molecule has 0 aliphatic heterocycles. The summed E-state index contributed by atoms with van der Waals surface area (Å²) in [6.07, 6.45) is 0. The lowest BCUT2D eigenvalue weighted by Gasteiger charge is -2.03. The van der Waals surface area contributed by atoms with Crippen LogP contribution in [0.15, 0.2) is 48.5 Å². The quantitative estimate of drug-likeness (QED) is 0.516. The van der Waals surface area contributed by atoms with Crippen LogP contribution < -0.4 is 11.1 Å². The van der Waals surface area contributed by atoms with E-state index >= 15 is 0 Å². The minimum absolute atomic E-state index is 0.128. The average Bonchev–Trinajstić information content (AvgIpc) is 3.07. The number of benzene rings is 2. The summed E-state index contributed by atoms with van der Waals surface area (Å²) >= 11 is 1.13. The van der Waals surface area contributed by atoms with Crippen molar-refractivity contribution in [2.75, 3.05) is 18.2 Å². The fraction of sp³-hybridized carbons (Fsp3) is 0.0526. The number of anilines is 3. The van der Waals surface area contributed by atoms with Crippen LogP contribution >= 0.6 is 11.3 Å². The summed E-state index contributed by atoms with van der Waals surface area (Å²) < 4.78 is 4.65. The first-order chi connectivity index (χ1) is 13.0. The highest BCUT2D eigenvalue weighted by Crippen LogP contribution is 2.29. The van der Waals surface area contributed by atoms with Crippen molar-refractivity contribution in [2.45, 2.75) is 0 Å². The number of carbonyl (C=O) groups excluding carboxylic acids is 2. The van der Waals surface area contributed by atoms with Crippen LogP contribution in [-0.2, 0) is 4.74 Å². The van der Waals surface area contributed by atoms with Crippen molar-refractivity contribution in [3.8, 4) is 6.07 Å². The highest BCUT2D eigenvalue weighted by molar-refractivity contribution is 7.18. The molecular weight excluding hydrogens is 364 g/mol. The Kier molecular flexibility index (Phi) is 5.15. The zero-order chi connectivity index (χ0) is 19.4. The van der Waals surface area contributed by atoms with Gasteiger partial charge in [-0.1, -0.05) is 11.3 Å². The first-order valence-electron chi connectivity index (χ1n) is 7.78. The first kappa shape index (κ1) is 18.1. The van der Waals surface area contributed by atoms with E-state index in [4.69, 9.17) is 11.0 Å². The molecule has 0 aliphatic carbocycles. The second-order valence-corrected chi connectivity index (χ2v) is 6.44. The van der Waals surface area contributed by atoms with Crippen molar-refractivity contribution < 1.29 is 14.3 Å². The van der Waals surface area contributed by atoms with Gasteiger partial charge in [-0.25, -0.2) is 9.78 Å². The molecule has 1 heterocycles. The molecule has 0 fully saturated rings.